The molecule has 0 radical (unpaired) electrons. The Balaban J connectivity index is 1.22. The summed E-state index contributed by atoms with van der Waals surface area (Å²) < 4.78 is 4.44. The summed E-state index contributed by atoms with van der Waals surface area (Å²) in [5.74, 6) is 0. The molecule has 0 aliphatic rings. The lowest BCUT2D eigenvalue weighted by molar-refractivity contribution is 1.18. The molecule has 7 aromatic carbocycles. The van der Waals surface area contributed by atoms with Crippen LogP contribution in [0.5, 0.6) is 0 Å². The number of hydrogen-bond acceptors (Lipinski definition) is 3. The van der Waals surface area contributed by atoms with E-state index in [1.165, 1.54) is 0 Å². The summed E-state index contributed by atoms with van der Waals surface area (Å²) in [5.41, 5.74) is 11.9. The van der Waals surface area contributed by atoms with Gasteiger partial charge in [-0.15, -0.1) is 0 Å². The van der Waals surface area contributed by atoms with E-state index in [1.54, 1.807) is 0 Å². The summed E-state index contributed by atoms with van der Waals surface area (Å²) in [6, 6.07) is 58.0. The van der Waals surface area contributed by atoms with Gasteiger partial charge in [-0.25, -0.2) is 0 Å². The van der Waals surface area contributed by atoms with Crippen molar-refractivity contribution in [2.45, 2.75) is 0 Å². The van der Waals surface area contributed by atoms with Gasteiger partial charge in [0.05, 0.1) is 62.7 Å². The Bertz CT molecular complexity index is 2920. The van der Waals surface area contributed by atoms with Crippen LogP contribution in [-0.2, 0) is 0 Å². The van der Waals surface area contributed by atoms with Crippen molar-refractivity contribution in [3.8, 4) is 51.8 Å². The quantitative estimate of drug-likeness (QED) is 0.193. The molecule has 0 saturated carbocycles. The van der Waals surface area contributed by atoms with Crippen LogP contribution in [0.4, 0.5) is 0 Å². The van der Waals surface area contributed by atoms with Crippen molar-refractivity contribution >= 4 is 43.6 Å². The van der Waals surface area contributed by atoms with E-state index in [4.69, 9.17) is 0 Å². The fraction of sp³-hybridized carbons (Fsp3) is 0. The molecular formula is C45H25N5. The van der Waals surface area contributed by atoms with Crippen LogP contribution in [0, 0.1) is 34.0 Å². The predicted molar refractivity (Wildman–Crippen MR) is 200 cm³/mol. The average Bonchev–Trinajstić information content (AvgIpc) is 3.69. The van der Waals surface area contributed by atoms with E-state index >= 15 is 0 Å². The average molecular weight is 636 g/mol. The lowest BCUT2D eigenvalue weighted by atomic mass is 9.96. The molecule has 0 atom stereocenters. The molecule has 5 heteroatoms. The van der Waals surface area contributed by atoms with Crippen molar-refractivity contribution in [1.29, 1.82) is 15.8 Å². The smallest absolute Gasteiger partial charge is 0.0992 e. The number of nitrogens with zero attached hydrogens (tertiary/aromatic N) is 5. The second-order valence-corrected chi connectivity index (χ2v) is 12.4. The minimum absolute atomic E-state index is 0.576. The van der Waals surface area contributed by atoms with Crippen molar-refractivity contribution in [2.24, 2.45) is 0 Å². The standard InChI is InChI=1S/C45H25N5/c46-26-29-17-20-43-40(21-29)39-19-16-31(28-48)23-45(39)49(43)35-10-6-8-33(25-35)32-7-5-9-34(24-32)36-18-15-30(27-47)22-44(36)50-41-13-3-1-11-37(41)38-12-2-4-14-42(38)50/h1-25H. The molecule has 0 unspecified atom stereocenters. The van der Waals surface area contributed by atoms with Crippen molar-refractivity contribution < 1.29 is 0 Å². The first kappa shape index (κ1) is 28.8. The molecular weight excluding hydrogens is 611 g/mol. The Hall–Kier alpha value is -7.39. The molecule has 9 aromatic rings. The van der Waals surface area contributed by atoms with Crippen LogP contribution < -0.4 is 0 Å². The molecule has 0 spiro atoms. The molecule has 2 aromatic heterocycles. The highest BCUT2D eigenvalue weighted by Gasteiger charge is 2.18. The number of fused-ring (bicyclic) bond motifs is 6. The summed E-state index contributed by atoms with van der Waals surface area (Å²) >= 11 is 0. The fourth-order valence-electron chi connectivity index (χ4n) is 7.34. The van der Waals surface area contributed by atoms with Gasteiger partial charge in [0.2, 0.25) is 0 Å². The van der Waals surface area contributed by atoms with E-state index in [1.807, 2.05) is 54.6 Å². The molecule has 0 aliphatic heterocycles. The molecule has 230 valence electrons. The molecule has 0 fully saturated rings. The van der Waals surface area contributed by atoms with Crippen molar-refractivity contribution in [3.05, 3.63) is 168 Å². The zero-order valence-electron chi connectivity index (χ0n) is 26.7. The largest absolute Gasteiger partial charge is 0.309 e. The minimum atomic E-state index is 0.576. The van der Waals surface area contributed by atoms with Gasteiger partial charge in [-0.3, -0.25) is 0 Å². The molecule has 0 aliphatic carbocycles. The Kier molecular flexibility index (Phi) is 6.56. The van der Waals surface area contributed by atoms with Gasteiger partial charge in [-0.2, -0.15) is 15.8 Å². The first-order chi connectivity index (χ1) is 24.6. The fourth-order valence-corrected chi connectivity index (χ4v) is 7.34. The van der Waals surface area contributed by atoms with E-state index in [9.17, 15) is 15.8 Å². The summed E-state index contributed by atoms with van der Waals surface area (Å²) in [6.45, 7) is 0. The lowest BCUT2D eigenvalue weighted by Crippen LogP contribution is -1.98. The Morgan fingerprint density at radius 1 is 0.360 bits per heavy atom. The van der Waals surface area contributed by atoms with Crippen LogP contribution in [0.2, 0.25) is 0 Å². The van der Waals surface area contributed by atoms with Gasteiger partial charge in [-0.1, -0.05) is 78.9 Å². The normalized spacial score (nSPS) is 11.1. The van der Waals surface area contributed by atoms with E-state index in [-0.39, 0.29) is 0 Å². The lowest BCUT2D eigenvalue weighted by Gasteiger charge is -2.16. The van der Waals surface area contributed by atoms with Gasteiger partial charge in [0.15, 0.2) is 0 Å². The highest BCUT2D eigenvalue weighted by Crippen LogP contribution is 2.39. The molecule has 5 nitrogen and oxygen atoms in total. The van der Waals surface area contributed by atoms with Crippen molar-refractivity contribution in [2.75, 3.05) is 0 Å². The number of para-hydroxylation sites is 2. The van der Waals surface area contributed by atoms with Crippen LogP contribution in [0.1, 0.15) is 16.7 Å². The summed E-state index contributed by atoms with van der Waals surface area (Å²) in [5, 5.41) is 33.6. The highest BCUT2D eigenvalue weighted by atomic mass is 15.0. The maximum absolute atomic E-state index is 9.94. The molecule has 0 N–H and O–H groups in total. The van der Waals surface area contributed by atoms with Crippen molar-refractivity contribution in [3.63, 3.8) is 0 Å². The molecule has 0 amide bonds. The molecule has 9 rings (SSSR count). The van der Waals surface area contributed by atoms with Crippen molar-refractivity contribution in [1.82, 2.24) is 9.13 Å². The van der Waals surface area contributed by atoms with Gasteiger partial charge >= 0.3 is 0 Å². The van der Waals surface area contributed by atoms with Crippen LogP contribution >= 0.6 is 0 Å². The van der Waals surface area contributed by atoms with Crippen LogP contribution in [0.3, 0.4) is 0 Å². The monoisotopic (exact) mass is 635 g/mol. The van der Waals surface area contributed by atoms with Crippen LogP contribution in [-0.4, -0.2) is 9.13 Å². The summed E-state index contributed by atoms with van der Waals surface area (Å²) in [4.78, 5) is 0. The third kappa shape index (κ3) is 4.45. The van der Waals surface area contributed by atoms with E-state index < -0.39 is 0 Å². The SMILES string of the molecule is N#Cc1ccc(-c2cccc(-c3cccc(-n4c5ccc(C#N)cc5c5ccc(C#N)cc54)c3)c2)c(-n2c3ccccc3c3ccccc32)c1. The predicted octanol–water partition coefficient (Wildman–Crippen LogP) is 10.8. The minimum Gasteiger partial charge on any atom is -0.309 e. The van der Waals surface area contributed by atoms with E-state index in [0.717, 1.165) is 77.2 Å². The Labute approximate surface area is 287 Å². The Morgan fingerprint density at radius 3 is 1.66 bits per heavy atom. The zero-order valence-corrected chi connectivity index (χ0v) is 26.7. The molecule has 0 saturated heterocycles. The van der Waals surface area contributed by atoms with Gasteiger partial charge in [0, 0.05) is 32.8 Å². The topological polar surface area (TPSA) is 81.2 Å². The number of hydrogen-bond donors (Lipinski definition) is 0. The molecule has 50 heavy (non-hydrogen) atoms. The van der Waals surface area contributed by atoms with Gasteiger partial charge in [0.25, 0.3) is 0 Å². The highest BCUT2D eigenvalue weighted by molar-refractivity contribution is 6.11. The third-order valence-corrected chi connectivity index (χ3v) is 9.58. The van der Waals surface area contributed by atoms with Gasteiger partial charge in [0.1, 0.15) is 0 Å². The maximum atomic E-state index is 9.94. The molecule has 0 bridgehead atoms. The summed E-state index contributed by atoms with van der Waals surface area (Å²) in [6.07, 6.45) is 0. The first-order valence-electron chi connectivity index (χ1n) is 16.3. The van der Waals surface area contributed by atoms with E-state index in [0.29, 0.717) is 16.7 Å². The van der Waals surface area contributed by atoms with Crippen LogP contribution in [0.25, 0.3) is 77.2 Å². The van der Waals surface area contributed by atoms with Gasteiger partial charge < -0.3 is 9.13 Å². The number of benzene rings is 7. The van der Waals surface area contributed by atoms with Crippen LogP contribution in [0.15, 0.2) is 152 Å². The second kappa shape index (κ2) is 11.4. The zero-order chi connectivity index (χ0) is 33.8. The number of nitriles is 3. The van der Waals surface area contributed by atoms with Gasteiger partial charge in [-0.05, 0) is 89.5 Å². The first-order valence-corrected chi connectivity index (χ1v) is 16.3. The van der Waals surface area contributed by atoms with E-state index in [2.05, 4.69) is 124 Å². The summed E-state index contributed by atoms with van der Waals surface area (Å²) in [7, 11) is 0. The maximum Gasteiger partial charge on any atom is 0.0992 e. The third-order valence-electron chi connectivity index (χ3n) is 9.58. The second-order valence-electron chi connectivity index (χ2n) is 12.4. The number of aromatic nitrogens is 2. The molecule has 2 heterocycles. The Morgan fingerprint density at radius 2 is 0.920 bits per heavy atom. The number of rotatable bonds is 4.